The largest absolute Gasteiger partial charge is 0.343 e. The molecule has 0 saturated carbocycles. The summed E-state index contributed by atoms with van der Waals surface area (Å²) in [4.78, 5) is 13.9. The van der Waals surface area contributed by atoms with Crippen molar-refractivity contribution in [3.8, 4) is 0 Å². The highest BCUT2D eigenvalue weighted by molar-refractivity contribution is 5.82. The SMILES string of the molecule is CC(C)CC(C)N(C)C(=O)C(C)(C)CN. The number of amides is 1. The third kappa shape index (κ3) is 4.20. The Kier molecular flexibility index (Phi) is 5.29. The Labute approximate surface area is 94.0 Å². The molecular weight excluding hydrogens is 188 g/mol. The number of hydrogen-bond donors (Lipinski definition) is 1. The fraction of sp³-hybridized carbons (Fsp3) is 0.917. The first-order valence-electron chi connectivity index (χ1n) is 5.69. The molecule has 1 atom stereocenters. The van der Waals surface area contributed by atoms with Crippen molar-refractivity contribution in [2.24, 2.45) is 17.1 Å². The van der Waals surface area contributed by atoms with Gasteiger partial charge in [0.15, 0.2) is 0 Å². The van der Waals surface area contributed by atoms with Crippen molar-refractivity contribution in [2.75, 3.05) is 13.6 Å². The Morgan fingerprint density at radius 1 is 1.33 bits per heavy atom. The summed E-state index contributed by atoms with van der Waals surface area (Å²) >= 11 is 0. The predicted molar refractivity (Wildman–Crippen MR) is 64.5 cm³/mol. The van der Waals surface area contributed by atoms with Gasteiger partial charge in [0.2, 0.25) is 5.91 Å². The number of nitrogens with two attached hydrogens (primary N) is 1. The first-order chi connectivity index (χ1) is 6.72. The van der Waals surface area contributed by atoms with Crippen LogP contribution < -0.4 is 5.73 Å². The molecule has 0 spiro atoms. The molecule has 3 nitrogen and oxygen atoms in total. The second-order valence-electron chi connectivity index (χ2n) is 5.48. The van der Waals surface area contributed by atoms with Crippen LogP contribution in [0.15, 0.2) is 0 Å². The number of carbonyl (C=O) groups is 1. The number of nitrogens with zero attached hydrogens (tertiary/aromatic N) is 1. The van der Waals surface area contributed by atoms with Crippen LogP contribution in [-0.4, -0.2) is 30.4 Å². The van der Waals surface area contributed by atoms with Crippen LogP contribution >= 0.6 is 0 Å². The Hall–Kier alpha value is -0.570. The molecule has 0 aromatic heterocycles. The van der Waals surface area contributed by atoms with Gasteiger partial charge in [0.1, 0.15) is 0 Å². The van der Waals surface area contributed by atoms with Crippen molar-refractivity contribution < 1.29 is 4.79 Å². The van der Waals surface area contributed by atoms with Crippen molar-refractivity contribution in [1.82, 2.24) is 4.90 Å². The highest BCUT2D eigenvalue weighted by Crippen LogP contribution is 2.19. The summed E-state index contributed by atoms with van der Waals surface area (Å²) in [5.41, 5.74) is 5.15. The number of carbonyl (C=O) groups excluding carboxylic acids is 1. The van der Waals surface area contributed by atoms with Gasteiger partial charge in [-0.1, -0.05) is 13.8 Å². The molecule has 1 unspecified atom stereocenters. The zero-order valence-corrected chi connectivity index (χ0v) is 11.0. The Morgan fingerprint density at radius 3 is 2.13 bits per heavy atom. The summed E-state index contributed by atoms with van der Waals surface area (Å²) in [5, 5.41) is 0. The van der Waals surface area contributed by atoms with Crippen LogP contribution in [-0.2, 0) is 4.79 Å². The van der Waals surface area contributed by atoms with E-state index in [0.717, 1.165) is 6.42 Å². The van der Waals surface area contributed by atoms with Crippen LogP contribution in [0, 0.1) is 11.3 Å². The van der Waals surface area contributed by atoms with E-state index < -0.39 is 5.41 Å². The highest BCUT2D eigenvalue weighted by atomic mass is 16.2. The molecule has 0 bridgehead atoms. The maximum Gasteiger partial charge on any atom is 0.229 e. The molecule has 0 heterocycles. The summed E-state index contributed by atoms with van der Waals surface area (Å²) in [5.74, 6) is 0.745. The third-order valence-electron chi connectivity index (χ3n) is 2.88. The van der Waals surface area contributed by atoms with Crippen LogP contribution in [0.25, 0.3) is 0 Å². The molecule has 0 radical (unpaired) electrons. The molecule has 0 aromatic carbocycles. The highest BCUT2D eigenvalue weighted by Gasteiger charge is 2.30. The molecule has 90 valence electrons. The molecule has 0 aliphatic carbocycles. The molecule has 1 amide bonds. The Balaban J connectivity index is 4.44. The molecule has 0 fully saturated rings. The van der Waals surface area contributed by atoms with Gasteiger partial charge in [-0.3, -0.25) is 4.79 Å². The lowest BCUT2D eigenvalue weighted by Crippen LogP contribution is -2.46. The van der Waals surface area contributed by atoms with E-state index in [4.69, 9.17) is 5.73 Å². The van der Waals surface area contributed by atoms with Crippen LogP contribution in [0.5, 0.6) is 0 Å². The van der Waals surface area contributed by atoms with Crippen LogP contribution in [0.2, 0.25) is 0 Å². The fourth-order valence-corrected chi connectivity index (χ4v) is 1.61. The molecule has 0 saturated heterocycles. The molecule has 0 aromatic rings. The molecule has 2 N–H and O–H groups in total. The van der Waals surface area contributed by atoms with Gasteiger partial charge in [-0.15, -0.1) is 0 Å². The minimum absolute atomic E-state index is 0.137. The van der Waals surface area contributed by atoms with Gasteiger partial charge >= 0.3 is 0 Å². The standard InChI is InChI=1S/C12H26N2O/c1-9(2)7-10(3)14(6)11(15)12(4,5)8-13/h9-10H,7-8,13H2,1-6H3. The average molecular weight is 214 g/mol. The monoisotopic (exact) mass is 214 g/mol. The van der Waals surface area contributed by atoms with E-state index in [1.165, 1.54) is 0 Å². The van der Waals surface area contributed by atoms with Gasteiger partial charge in [0.05, 0.1) is 5.41 Å². The lowest BCUT2D eigenvalue weighted by molar-refractivity contribution is -0.140. The fourth-order valence-electron chi connectivity index (χ4n) is 1.61. The molecule has 3 heteroatoms. The first-order valence-corrected chi connectivity index (χ1v) is 5.69. The Bertz CT molecular complexity index is 212. The lowest BCUT2D eigenvalue weighted by atomic mass is 9.91. The zero-order valence-electron chi connectivity index (χ0n) is 11.0. The van der Waals surface area contributed by atoms with E-state index in [-0.39, 0.29) is 11.9 Å². The summed E-state index contributed by atoms with van der Waals surface area (Å²) in [6.45, 7) is 10.6. The number of hydrogen-bond acceptors (Lipinski definition) is 2. The van der Waals surface area contributed by atoms with Gasteiger partial charge < -0.3 is 10.6 Å². The van der Waals surface area contributed by atoms with E-state index in [1.54, 1.807) is 0 Å². The van der Waals surface area contributed by atoms with Crippen LogP contribution in [0.3, 0.4) is 0 Å². The van der Waals surface area contributed by atoms with Gasteiger partial charge in [0, 0.05) is 19.6 Å². The van der Waals surface area contributed by atoms with Crippen LogP contribution in [0.4, 0.5) is 0 Å². The van der Waals surface area contributed by atoms with Crippen molar-refractivity contribution in [1.29, 1.82) is 0 Å². The summed E-state index contributed by atoms with van der Waals surface area (Å²) in [6, 6.07) is 0.281. The first kappa shape index (κ1) is 14.4. The van der Waals surface area contributed by atoms with Crippen molar-refractivity contribution >= 4 is 5.91 Å². The van der Waals surface area contributed by atoms with Gasteiger partial charge in [0.25, 0.3) is 0 Å². The zero-order chi connectivity index (χ0) is 12.2. The molecule has 0 rings (SSSR count). The average Bonchev–Trinajstić information content (AvgIpc) is 2.14. The van der Waals surface area contributed by atoms with E-state index in [9.17, 15) is 4.79 Å². The summed E-state index contributed by atoms with van der Waals surface area (Å²) in [6.07, 6.45) is 1.03. The number of rotatable bonds is 5. The van der Waals surface area contributed by atoms with E-state index in [1.807, 2.05) is 25.8 Å². The predicted octanol–water partition coefficient (Wildman–Crippen LogP) is 1.86. The summed E-state index contributed by atoms with van der Waals surface area (Å²) < 4.78 is 0. The molecule has 15 heavy (non-hydrogen) atoms. The van der Waals surface area contributed by atoms with E-state index in [0.29, 0.717) is 12.5 Å². The Morgan fingerprint density at radius 2 is 1.80 bits per heavy atom. The second-order valence-corrected chi connectivity index (χ2v) is 5.48. The maximum atomic E-state index is 12.1. The van der Waals surface area contributed by atoms with Gasteiger partial charge in [-0.05, 0) is 33.1 Å². The van der Waals surface area contributed by atoms with Crippen molar-refractivity contribution in [3.05, 3.63) is 0 Å². The van der Waals surface area contributed by atoms with Crippen LogP contribution in [0.1, 0.15) is 41.0 Å². The third-order valence-corrected chi connectivity index (χ3v) is 2.88. The van der Waals surface area contributed by atoms with Gasteiger partial charge in [-0.25, -0.2) is 0 Å². The quantitative estimate of drug-likeness (QED) is 0.759. The molecular formula is C12H26N2O. The molecule has 0 aliphatic heterocycles. The van der Waals surface area contributed by atoms with Crippen molar-refractivity contribution in [2.45, 2.75) is 47.1 Å². The van der Waals surface area contributed by atoms with E-state index >= 15 is 0 Å². The maximum absolute atomic E-state index is 12.1. The van der Waals surface area contributed by atoms with E-state index in [2.05, 4.69) is 20.8 Å². The van der Waals surface area contributed by atoms with Crippen molar-refractivity contribution in [3.63, 3.8) is 0 Å². The minimum Gasteiger partial charge on any atom is -0.343 e. The normalized spacial score (nSPS) is 14.1. The lowest BCUT2D eigenvalue weighted by Gasteiger charge is -2.33. The second kappa shape index (κ2) is 5.50. The molecule has 0 aliphatic rings. The minimum atomic E-state index is -0.444. The topological polar surface area (TPSA) is 46.3 Å². The van der Waals surface area contributed by atoms with Gasteiger partial charge in [-0.2, -0.15) is 0 Å². The smallest absolute Gasteiger partial charge is 0.229 e. The summed E-state index contributed by atoms with van der Waals surface area (Å²) in [7, 11) is 1.87.